The molecule has 17 heavy (non-hydrogen) atoms. The molecule has 0 bridgehead atoms. The van der Waals surface area contributed by atoms with E-state index in [0.717, 1.165) is 16.9 Å². The molecule has 0 aliphatic heterocycles. The van der Waals surface area contributed by atoms with Gasteiger partial charge < -0.3 is 4.74 Å². The predicted octanol–water partition coefficient (Wildman–Crippen LogP) is 3.08. The van der Waals surface area contributed by atoms with Gasteiger partial charge in [0.05, 0.1) is 7.11 Å². The van der Waals surface area contributed by atoms with Gasteiger partial charge in [-0.05, 0) is 44.4 Å². The van der Waals surface area contributed by atoms with Crippen molar-refractivity contribution in [1.29, 1.82) is 0 Å². The zero-order chi connectivity index (χ0) is 12.8. The van der Waals surface area contributed by atoms with Crippen LogP contribution in [0.1, 0.15) is 26.3 Å². The van der Waals surface area contributed by atoms with Gasteiger partial charge >= 0.3 is 0 Å². The van der Waals surface area contributed by atoms with Crippen LogP contribution in [0.15, 0.2) is 29.8 Å². The van der Waals surface area contributed by atoms with Crippen LogP contribution in [0.5, 0.6) is 5.75 Å². The molecule has 0 amide bonds. The highest BCUT2D eigenvalue weighted by atomic mass is 16.5. The molecule has 2 nitrogen and oxygen atoms in total. The van der Waals surface area contributed by atoms with Crippen LogP contribution in [0.25, 0.3) is 5.57 Å². The number of Topliss-reactive ketones (excluding diaryl/α,β-unsaturated/α-hetero) is 1. The van der Waals surface area contributed by atoms with Gasteiger partial charge in [0.2, 0.25) is 5.78 Å². The third-order valence-electron chi connectivity index (χ3n) is 2.34. The Morgan fingerprint density at radius 1 is 1.18 bits per heavy atom. The molecule has 0 atom stereocenters. The second kappa shape index (κ2) is 5.91. The number of ketones is 1. The normalized spacial score (nSPS) is 8.94. The molecule has 0 unspecified atom stereocenters. The van der Waals surface area contributed by atoms with Gasteiger partial charge in [-0.25, -0.2) is 0 Å². The lowest BCUT2D eigenvalue weighted by molar-refractivity contribution is -0.108. The summed E-state index contributed by atoms with van der Waals surface area (Å²) in [6.07, 6.45) is 0. The van der Waals surface area contributed by atoms with Crippen molar-refractivity contribution in [3.05, 3.63) is 35.4 Å². The van der Waals surface area contributed by atoms with Crippen LogP contribution in [-0.4, -0.2) is 12.9 Å². The van der Waals surface area contributed by atoms with E-state index in [-0.39, 0.29) is 5.78 Å². The number of allylic oxidation sites excluding steroid dienone is 2. The van der Waals surface area contributed by atoms with Crippen molar-refractivity contribution in [1.82, 2.24) is 0 Å². The number of carbonyl (C=O) groups excluding carboxylic acids is 1. The number of benzene rings is 1. The third-order valence-corrected chi connectivity index (χ3v) is 2.34. The SMILES string of the molecule is CC#CC(=O)C(=C(C)C)c1ccc(OC)cc1. The largest absolute Gasteiger partial charge is 0.497 e. The minimum absolute atomic E-state index is 0.141. The van der Waals surface area contributed by atoms with Crippen LogP contribution in [0.4, 0.5) is 0 Å². The number of methoxy groups -OCH3 is 1. The molecule has 0 saturated heterocycles. The first-order chi connectivity index (χ1) is 8.10. The van der Waals surface area contributed by atoms with E-state index in [1.165, 1.54) is 0 Å². The van der Waals surface area contributed by atoms with E-state index in [0.29, 0.717) is 5.57 Å². The molecule has 88 valence electrons. The fourth-order valence-corrected chi connectivity index (χ4v) is 1.58. The fraction of sp³-hybridized carbons (Fsp3) is 0.267. The molecule has 0 aliphatic rings. The summed E-state index contributed by atoms with van der Waals surface area (Å²) in [6, 6.07) is 7.42. The first kappa shape index (κ1) is 13.1. The number of ether oxygens (including phenoxy) is 1. The lowest BCUT2D eigenvalue weighted by atomic mass is 9.97. The van der Waals surface area contributed by atoms with Gasteiger partial charge in [-0.2, -0.15) is 0 Å². The van der Waals surface area contributed by atoms with E-state index in [1.807, 2.05) is 38.1 Å². The van der Waals surface area contributed by atoms with E-state index in [9.17, 15) is 4.79 Å². The number of hydrogen-bond donors (Lipinski definition) is 0. The summed E-state index contributed by atoms with van der Waals surface area (Å²) in [5.74, 6) is 5.85. The Kier molecular flexibility index (Phi) is 4.54. The van der Waals surface area contributed by atoms with Crippen LogP contribution >= 0.6 is 0 Å². The Balaban J connectivity index is 3.19. The molecule has 0 aromatic heterocycles. The molecule has 0 fully saturated rings. The summed E-state index contributed by atoms with van der Waals surface area (Å²) in [7, 11) is 1.62. The van der Waals surface area contributed by atoms with Crippen LogP contribution in [0.3, 0.4) is 0 Å². The molecular formula is C15H16O2. The van der Waals surface area contributed by atoms with Gasteiger partial charge in [0, 0.05) is 5.57 Å². The topological polar surface area (TPSA) is 26.3 Å². The van der Waals surface area contributed by atoms with Crippen LogP contribution in [-0.2, 0) is 4.79 Å². The first-order valence-corrected chi connectivity index (χ1v) is 5.39. The standard InChI is InChI=1S/C15H16O2/c1-5-6-14(16)15(11(2)3)12-7-9-13(17-4)10-8-12/h7-10H,1-4H3. The zero-order valence-electron chi connectivity index (χ0n) is 10.6. The van der Waals surface area contributed by atoms with Gasteiger partial charge in [0.15, 0.2) is 0 Å². The van der Waals surface area contributed by atoms with E-state index >= 15 is 0 Å². The third kappa shape index (κ3) is 3.22. The van der Waals surface area contributed by atoms with Gasteiger partial charge in [0.25, 0.3) is 0 Å². The second-order valence-electron chi connectivity index (χ2n) is 3.81. The summed E-state index contributed by atoms with van der Waals surface area (Å²) in [4.78, 5) is 11.9. The van der Waals surface area contributed by atoms with E-state index in [1.54, 1.807) is 14.0 Å². The van der Waals surface area contributed by atoms with Crippen molar-refractivity contribution in [2.45, 2.75) is 20.8 Å². The summed E-state index contributed by atoms with van der Waals surface area (Å²) in [5.41, 5.74) is 2.50. The predicted molar refractivity (Wildman–Crippen MR) is 69.7 cm³/mol. The summed E-state index contributed by atoms with van der Waals surface area (Å²) in [6.45, 7) is 5.48. The Morgan fingerprint density at radius 3 is 2.18 bits per heavy atom. The molecule has 0 spiro atoms. The van der Waals surface area contributed by atoms with Crippen LogP contribution < -0.4 is 4.74 Å². The average Bonchev–Trinajstić information content (AvgIpc) is 2.30. The lowest BCUT2D eigenvalue weighted by Crippen LogP contribution is -2.00. The van der Waals surface area contributed by atoms with Gasteiger partial charge in [-0.1, -0.05) is 23.6 Å². The Bertz CT molecular complexity index is 492. The molecule has 1 rings (SSSR count). The molecule has 0 radical (unpaired) electrons. The number of hydrogen-bond acceptors (Lipinski definition) is 2. The fourth-order valence-electron chi connectivity index (χ4n) is 1.58. The molecular weight excluding hydrogens is 212 g/mol. The highest BCUT2D eigenvalue weighted by Crippen LogP contribution is 2.22. The van der Waals surface area contributed by atoms with Crippen molar-refractivity contribution in [3.63, 3.8) is 0 Å². The highest BCUT2D eigenvalue weighted by molar-refractivity contribution is 6.29. The lowest BCUT2D eigenvalue weighted by Gasteiger charge is -2.07. The van der Waals surface area contributed by atoms with Crippen molar-refractivity contribution >= 4 is 11.4 Å². The van der Waals surface area contributed by atoms with Crippen molar-refractivity contribution in [2.75, 3.05) is 7.11 Å². The highest BCUT2D eigenvalue weighted by Gasteiger charge is 2.11. The van der Waals surface area contributed by atoms with E-state index in [4.69, 9.17) is 4.74 Å². The maximum absolute atomic E-state index is 11.9. The number of carbonyl (C=O) groups is 1. The Labute approximate surface area is 102 Å². The molecule has 1 aromatic rings. The Hall–Kier alpha value is -2.01. The minimum Gasteiger partial charge on any atom is -0.497 e. The minimum atomic E-state index is -0.141. The molecule has 1 aromatic carbocycles. The monoisotopic (exact) mass is 228 g/mol. The van der Waals surface area contributed by atoms with E-state index in [2.05, 4.69) is 11.8 Å². The zero-order valence-corrected chi connectivity index (χ0v) is 10.6. The van der Waals surface area contributed by atoms with Crippen molar-refractivity contribution in [2.24, 2.45) is 0 Å². The van der Waals surface area contributed by atoms with Gasteiger partial charge in [0.1, 0.15) is 5.75 Å². The molecule has 0 aliphatic carbocycles. The maximum Gasteiger partial charge on any atom is 0.236 e. The smallest absolute Gasteiger partial charge is 0.236 e. The Morgan fingerprint density at radius 2 is 1.76 bits per heavy atom. The van der Waals surface area contributed by atoms with E-state index < -0.39 is 0 Å². The quantitative estimate of drug-likeness (QED) is 0.451. The van der Waals surface area contributed by atoms with Crippen molar-refractivity contribution < 1.29 is 9.53 Å². The second-order valence-corrected chi connectivity index (χ2v) is 3.81. The summed E-state index contributed by atoms with van der Waals surface area (Å²) in [5, 5.41) is 0. The van der Waals surface area contributed by atoms with Crippen LogP contribution in [0, 0.1) is 11.8 Å². The summed E-state index contributed by atoms with van der Waals surface area (Å²) < 4.78 is 5.09. The average molecular weight is 228 g/mol. The molecule has 2 heteroatoms. The molecule has 0 heterocycles. The summed E-state index contributed by atoms with van der Waals surface area (Å²) >= 11 is 0. The number of rotatable bonds is 3. The molecule has 0 saturated carbocycles. The van der Waals surface area contributed by atoms with Gasteiger partial charge in [-0.15, -0.1) is 0 Å². The molecule has 0 N–H and O–H groups in total. The first-order valence-electron chi connectivity index (χ1n) is 5.39. The van der Waals surface area contributed by atoms with Crippen LogP contribution in [0.2, 0.25) is 0 Å². The maximum atomic E-state index is 11.9. The van der Waals surface area contributed by atoms with Crippen molar-refractivity contribution in [3.8, 4) is 17.6 Å². The van der Waals surface area contributed by atoms with Gasteiger partial charge in [-0.3, -0.25) is 4.79 Å².